The predicted octanol–water partition coefficient (Wildman–Crippen LogP) is 2.70. The third-order valence-electron chi connectivity index (χ3n) is 2.78. The summed E-state index contributed by atoms with van der Waals surface area (Å²) in [6, 6.07) is 5.08. The number of hydrogen-bond acceptors (Lipinski definition) is 5. The maximum atomic E-state index is 5.95. The first kappa shape index (κ1) is 12.9. The van der Waals surface area contributed by atoms with Gasteiger partial charge < -0.3 is 14.6 Å². The molecule has 7 heteroatoms. The van der Waals surface area contributed by atoms with Crippen molar-refractivity contribution in [1.29, 1.82) is 0 Å². The Bertz CT molecular complexity index is 562. The largest absolute Gasteiger partial charge is 0.378 e. The normalized spacial score (nSPS) is 19.6. The monoisotopic (exact) mass is 299 g/mol. The second-order valence-corrected chi connectivity index (χ2v) is 5.07. The van der Waals surface area contributed by atoms with E-state index in [1.165, 1.54) is 0 Å². The fraction of sp³-hybridized carbons (Fsp3) is 0.333. The summed E-state index contributed by atoms with van der Waals surface area (Å²) in [4.78, 5) is 4.35. The quantitative estimate of drug-likeness (QED) is 0.924. The highest BCUT2D eigenvalue weighted by atomic mass is 35.5. The molecule has 0 radical (unpaired) electrons. The van der Waals surface area contributed by atoms with Crippen LogP contribution in [0.25, 0.3) is 11.5 Å². The number of nitrogens with zero attached hydrogens (tertiary/aromatic N) is 2. The molecule has 1 aromatic carbocycles. The van der Waals surface area contributed by atoms with Crippen LogP contribution in [0.1, 0.15) is 11.9 Å². The van der Waals surface area contributed by atoms with E-state index >= 15 is 0 Å². The molecule has 0 bridgehead atoms. The molecule has 1 atom stereocenters. The van der Waals surface area contributed by atoms with Gasteiger partial charge in [-0.3, -0.25) is 0 Å². The first-order valence-corrected chi connectivity index (χ1v) is 6.59. The summed E-state index contributed by atoms with van der Waals surface area (Å²) in [6.45, 7) is 2.01. The molecule has 0 amide bonds. The van der Waals surface area contributed by atoms with Gasteiger partial charge >= 0.3 is 0 Å². The number of ether oxygens (including phenoxy) is 1. The zero-order chi connectivity index (χ0) is 13.2. The van der Waals surface area contributed by atoms with Gasteiger partial charge in [-0.15, -0.1) is 0 Å². The Balaban J connectivity index is 1.87. The minimum absolute atomic E-state index is 0.0408. The van der Waals surface area contributed by atoms with E-state index in [1.807, 2.05) is 0 Å². The van der Waals surface area contributed by atoms with Crippen LogP contribution in [0.3, 0.4) is 0 Å². The molecular formula is C12H11Cl2N3O2. The van der Waals surface area contributed by atoms with Gasteiger partial charge in [0.15, 0.2) is 5.82 Å². The molecule has 1 saturated heterocycles. The summed E-state index contributed by atoms with van der Waals surface area (Å²) in [5, 5.41) is 8.28. The van der Waals surface area contributed by atoms with Gasteiger partial charge in [-0.05, 0) is 18.2 Å². The Morgan fingerprint density at radius 3 is 2.68 bits per heavy atom. The highest BCUT2D eigenvalue weighted by Gasteiger charge is 2.21. The van der Waals surface area contributed by atoms with E-state index in [9.17, 15) is 0 Å². The molecule has 1 unspecified atom stereocenters. The van der Waals surface area contributed by atoms with Gasteiger partial charge in [0.25, 0.3) is 5.89 Å². The average Bonchev–Trinajstić information content (AvgIpc) is 2.88. The van der Waals surface area contributed by atoms with E-state index in [0.717, 1.165) is 6.54 Å². The van der Waals surface area contributed by atoms with Gasteiger partial charge in [0, 0.05) is 22.2 Å². The van der Waals surface area contributed by atoms with Crippen molar-refractivity contribution in [3.05, 3.63) is 34.1 Å². The molecule has 3 rings (SSSR count). The maximum absolute atomic E-state index is 5.95. The zero-order valence-corrected chi connectivity index (χ0v) is 11.4. The molecule has 2 aromatic rings. The van der Waals surface area contributed by atoms with E-state index in [4.69, 9.17) is 32.5 Å². The van der Waals surface area contributed by atoms with Crippen LogP contribution in [0.4, 0.5) is 0 Å². The summed E-state index contributed by atoms with van der Waals surface area (Å²) in [5.41, 5.74) is 0.702. The van der Waals surface area contributed by atoms with Crippen molar-refractivity contribution >= 4 is 23.2 Å². The fourth-order valence-corrected chi connectivity index (χ4v) is 2.43. The zero-order valence-electron chi connectivity index (χ0n) is 9.90. The lowest BCUT2D eigenvalue weighted by molar-refractivity contribution is 0.0734. The van der Waals surface area contributed by atoms with Crippen molar-refractivity contribution in [2.24, 2.45) is 0 Å². The maximum Gasteiger partial charge on any atom is 0.258 e. The van der Waals surface area contributed by atoms with Crippen LogP contribution >= 0.6 is 23.2 Å². The Hall–Kier alpha value is -1.14. The van der Waals surface area contributed by atoms with Crippen LogP contribution in [0.5, 0.6) is 0 Å². The van der Waals surface area contributed by atoms with Crippen molar-refractivity contribution in [1.82, 2.24) is 15.5 Å². The predicted molar refractivity (Wildman–Crippen MR) is 71.3 cm³/mol. The lowest BCUT2D eigenvalue weighted by atomic mass is 10.2. The van der Waals surface area contributed by atoms with E-state index in [-0.39, 0.29) is 6.04 Å². The average molecular weight is 300 g/mol. The van der Waals surface area contributed by atoms with Crippen molar-refractivity contribution < 1.29 is 9.26 Å². The highest BCUT2D eigenvalue weighted by molar-refractivity contribution is 6.35. The molecule has 100 valence electrons. The lowest BCUT2D eigenvalue weighted by Gasteiger charge is -2.20. The van der Waals surface area contributed by atoms with Gasteiger partial charge in [0.05, 0.1) is 19.3 Å². The molecule has 1 fully saturated rings. The number of hydrogen-bond donors (Lipinski definition) is 1. The molecule has 0 saturated carbocycles. The van der Waals surface area contributed by atoms with Crippen LogP contribution in [-0.2, 0) is 4.74 Å². The first-order chi connectivity index (χ1) is 9.22. The highest BCUT2D eigenvalue weighted by Crippen LogP contribution is 2.27. The van der Waals surface area contributed by atoms with Crippen LogP contribution < -0.4 is 5.32 Å². The summed E-state index contributed by atoms with van der Waals surface area (Å²) in [6.07, 6.45) is 0. The molecule has 0 aliphatic carbocycles. The first-order valence-electron chi connectivity index (χ1n) is 5.83. The Morgan fingerprint density at radius 2 is 2.00 bits per heavy atom. The molecule has 1 aliphatic rings. The summed E-state index contributed by atoms with van der Waals surface area (Å²) >= 11 is 11.9. The Labute approximate surface area is 119 Å². The van der Waals surface area contributed by atoms with Crippen LogP contribution in [0, 0.1) is 0 Å². The van der Waals surface area contributed by atoms with Gasteiger partial charge in [-0.1, -0.05) is 28.4 Å². The Kier molecular flexibility index (Phi) is 3.70. The van der Waals surface area contributed by atoms with Gasteiger partial charge in [-0.2, -0.15) is 4.98 Å². The van der Waals surface area contributed by atoms with Crippen molar-refractivity contribution in [3.63, 3.8) is 0 Å². The molecule has 0 spiro atoms. The smallest absolute Gasteiger partial charge is 0.258 e. The van der Waals surface area contributed by atoms with Crippen molar-refractivity contribution in [2.45, 2.75) is 6.04 Å². The molecule has 1 aliphatic heterocycles. The minimum Gasteiger partial charge on any atom is -0.378 e. The van der Waals surface area contributed by atoms with E-state index in [1.54, 1.807) is 18.2 Å². The van der Waals surface area contributed by atoms with Crippen LogP contribution in [0.2, 0.25) is 10.0 Å². The van der Waals surface area contributed by atoms with Crippen molar-refractivity contribution in [3.8, 4) is 11.5 Å². The third-order valence-corrected chi connectivity index (χ3v) is 3.22. The van der Waals surface area contributed by atoms with Gasteiger partial charge in [0.1, 0.15) is 0 Å². The SMILES string of the molecule is Clc1cc(Cl)cc(-c2nc(C3COCCN3)no2)c1. The number of morpholine rings is 1. The van der Waals surface area contributed by atoms with Gasteiger partial charge in [-0.25, -0.2) is 0 Å². The number of rotatable bonds is 2. The van der Waals surface area contributed by atoms with Gasteiger partial charge in [0.2, 0.25) is 0 Å². The molecule has 2 heterocycles. The van der Waals surface area contributed by atoms with E-state index < -0.39 is 0 Å². The molecule has 19 heavy (non-hydrogen) atoms. The standard InChI is InChI=1S/C12H11Cl2N3O2/c13-8-3-7(4-9(14)5-8)12-16-11(17-19-12)10-6-18-2-1-15-10/h3-5,10,15H,1-2,6H2. The summed E-state index contributed by atoms with van der Waals surface area (Å²) in [7, 11) is 0. The second kappa shape index (κ2) is 5.46. The third kappa shape index (κ3) is 2.90. The number of benzene rings is 1. The summed E-state index contributed by atoms with van der Waals surface area (Å²) in [5.74, 6) is 0.970. The lowest BCUT2D eigenvalue weighted by Crippen LogP contribution is -2.35. The number of halogens is 2. The second-order valence-electron chi connectivity index (χ2n) is 4.20. The van der Waals surface area contributed by atoms with E-state index in [0.29, 0.717) is 40.5 Å². The number of aromatic nitrogens is 2. The Morgan fingerprint density at radius 1 is 1.21 bits per heavy atom. The molecular weight excluding hydrogens is 289 g/mol. The molecule has 5 nitrogen and oxygen atoms in total. The van der Waals surface area contributed by atoms with E-state index in [2.05, 4.69) is 15.5 Å². The fourth-order valence-electron chi connectivity index (χ4n) is 1.90. The minimum atomic E-state index is -0.0408. The van der Waals surface area contributed by atoms with Crippen molar-refractivity contribution in [2.75, 3.05) is 19.8 Å². The van der Waals surface area contributed by atoms with Crippen LogP contribution in [-0.4, -0.2) is 29.9 Å². The molecule has 1 aromatic heterocycles. The van der Waals surface area contributed by atoms with Crippen LogP contribution in [0.15, 0.2) is 22.7 Å². The topological polar surface area (TPSA) is 60.2 Å². The summed E-state index contributed by atoms with van der Waals surface area (Å²) < 4.78 is 10.6. The number of nitrogens with one attached hydrogen (secondary N) is 1. The molecule has 1 N–H and O–H groups in total.